The minimum absolute atomic E-state index is 0.0393. The summed E-state index contributed by atoms with van der Waals surface area (Å²) < 4.78 is 0. The first-order valence-corrected chi connectivity index (χ1v) is 13.7. The van der Waals surface area contributed by atoms with Gasteiger partial charge in [-0.3, -0.25) is 14.4 Å². The average Bonchev–Trinajstić information content (AvgIpc) is 3.44. The van der Waals surface area contributed by atoms with Crippen LogP contribution in [-0.2, 0) is 32.0 Å². The molecule has 1 aliphatic rings. The van der Waals surface area contributed by atoms with E-state index in [1.807, 2.05) is 0 Å². The van der Waals surface area contributed by atoms with Crippen molar-refractivity contribution in [3.05, 3.63) is 59.7 Å². The number of phenolic OH excluding ortho intramolecular Hbond substituents is 2. The van der Waals surface area contributed by atoms with E-state index in [0.29, 0.717) is 37.8 Å². The maximum Gasteiger partial charge on any atom is 0.326 e. The van der Waals surface area contributed by atoms with Gasteiger partial charge in [-0.25, -0.2) is 4.79 Å². The number of amides is 3. The number of hydrogen-bond donors (Lipinski definition) is 7. The molecular formula is C29H39N5O7. The molecule has 222 valence electrons. The Morgan fingerprint density at radius 2 is 1.41 bits per heavy atom. The number of carboxylic acids is 1. The average molecular weight is 570 g/mol. The van der Waals surface area contributed by atoms with Crippen LogP contribution in [0.5, 0.6) is 11.5 Å². The van der Waals surface area contributed by atoms with Crippen molar-refractivity contribution in [2.24, 2.45) is 11.5 Å². The molecule has 3 amide bonds. The van der Waals surface area contributed by atoms with Gasteiger partial charge in [0, 0.05) is 13.0 Å². The minimum Gasteiger partial charge on any atom is -0.508 e. The number of carboxylic acid groups (broad SMARTS) is 1. The first-order valence-electron chi connectivity index (χ1n) is 13.7. The van der Waals surface area contributed by atoms with Gasteiger partial charge >= 0.3 is 5.97 Å². The van der Waals surface area contributed by atoms with E-state index in [4.69, 9.17) is 11.5 Å². The Labute approximate surface area is 238 Å². The molecule has 0 bridgehead atoms. The highest BCUT2D eigenvalue weighted by Crippen LogP contribution is 2.20. The van der Waals surface area contributed by atoms with E-state index in [1.165, 1.54) is 29.2 Å². The highest BCUT2D eigenvalue weighted by molar-refractivity contribution is 5.94. The van der Waals surface area contributed by atoms with Crippen LogP contribution >= 0.6 is 0 Å². The summed E-state index contributed by atoms with van der Waals surface area (Å²) in [6.07, 6.45) is 2.47. The zero-order chi connectivity index (χ0) is 29.9. The number of hydrogen-bond acceptors (Lipinski definition) is 8. The number of aliphatic carboxylic acids is 1. The number of unbranched alkanes of at least 4 members (excludes halogenated alkanes) is 1. The van der Waals surface area contributed by atoms with E-state index >= 15 is 0 Å². The number of carbonyl (C=O) groups is 4. The fraction of sp³-hybridized carbons (Fsp3) is 0.448. The van der Waals surface area contributed by atoms with E-state index in [0.717, 1.165) is 5.56 Å². The molecule has 41 heavy (non-hydrogen) atoms. The molecule has 4 unspecified atom stereocenters. The van der Waals surface area contributed by atoms with Crippen molar-refractivity contribution in [2.75, 3.05) is 13.1 Å². The van der Waals surface area contributed by atoms with E-state index in [2.05, 4.69) is 10.6 Å². The molecule has 2 aromatic rings. The van der Waals surface area contributed by atoms with Crippen LogP contribution in [0.25, 0.3) is 0 Å². The molecule has 9 N–H and O–H groups in total. The molecule has 3 rings (SSSR count). The van der Waals surface area contributed by atoms with Gasteiger partial charge in [0.05, 0.1) is 6.04 Å². The van der Waals surface area contributed by atoms with Crippen LogP contribution in [0, 0.1) is 0 Å². The van der Waals surface area contributed by atoms with Crippen molar-refractivity contribution in [1.82, 2.24) is 15.5 Å². The largest absolute Gasteiger partial charge is 0.508 e. The first-order chi connectivity index (χ1) is 19.6. The number of nitrogens with one attached hydrogen (secondary N) is 2. The highest BCUT2D eigenvalue weighted by Gasteiger charge is 2.38. The van der Waals surface area contributed by atoms with Crippen LogP contribution in [0.3, 0.4) is 0 Å². The molecule has 12 heteroatoms. The summed E-state index contributed by atoms with van der Waals surface area (Å²) in [7, 11) is 0. The summed E-state index contributed by atoms with van der Waals surface area (Å²) in [5, 5.41) is 34.2. The minimum atomic E-state index is -1.11. The van der Waals surface area contributed by atoms with Crippen molar-refractivity contribution in [3.8, 4) is 11.5 Å². The predicted molar refractivity (Wildman–Crippen MR) is 151 cm³/mol. The Balaban J connectivity index is 1.77. The number of carbonyl (C=O) groups excluding carboxylic acids is 3. The van der Waals surface area contributed by atoms with Crippen LogP contribution in [0.15, 0.2) is 48.5 Å². The van der Waals surface area contributed by atoms with Crippen molar-refractivity contribution in [1.29, 1.82) is 0 Å². The van der Waals surface area contributed by atoms with Gasteiger partial charge in [-0.15, -0.1) is 0 Å². The molecule has 4 atom stereocenters. The first kappa shape index (κ1) is 31.4. The van der Waals surface area contributed by atoms with Crippen LogP contribution in [0.1, 0.15) is 43.2 Å². The second-order valence-electron chi connectivity index (χ2n) is 10.3. The summed E-state index contributed by atoms with van der Waals surface area (Å²) in [5.74, 6) is -2.68. The lowest BCUT2D eigenvalue weighted by Crippen LogP contribution is -2.57. The van der Waals surface area contributed by atoms with E-state index < -0.39 is 47.9 Å². The molecule has 0 saturated carbocycles. The normalized spacial score (nSPS) is 16.9. The van der Waals surface area contributed by atoms with Gasteiger partial charge in [-0.2, -0.15) is 0 Å². The van der Waals surface area contributed by atoms with Crippen molar-refractivity contribution < 1.29 is 34.5 Å². The molecule has 1 fully saturated rings. The van der Waals surface area contributed by atoms with Crippen LogP contribution in [0.2, 0.25) is 0 Å². The Bertz CT molecular complexity index is 1190. The third-order valence-corrected chi connectivity index (χ3v) is 7.12. The maximum absolute atomic E-state index is 13.6. The quantitative estimate of drug-likeness (QED) is 0.157. The summed E-state index contributed by atoms with van der Waals surface area (Å²) >= 11 is 0. The smallest absolute Gasteiger partial charge is 0.326 e. The lowest BCUT2D eigenvalue weighted by atomic mass is 10.0. The predicted octanol–water partition coefficient (Wildman–Crippen LogP) is 0.385. The third kappa shape index (κ3) is 9.19. The van der Waals surface area contributed by atoms with E-state index in [9.17, 15) is 34.5 Å². The lowest BCUT2D eigenvalue weighted by Gasteiger charge is -2.29. The number of likely N-dealkylation sites (tertiary alicyclic amines) is 1. The zero-order valence-electron chi connectivity index (χ0n) is 22.9. The Morgan fingerprint density at radius 3 is 1.98 bits per heavy atom. The molecule has 0 spiro atoms. The molecule has 1 aliphatic heterocycles. The van der Waals surface area contributed by atoms with Gasteiger partial charge in [0.25, 0.3) is 0 Å². The second-order valence-corrected chi connectivity index (χ2v) is 10.3. The molecular weight excluding hydrogens is 530 g/mol. The molecule has 0 aromatic heterocycles. The van der Waals surface area contributed by atoms with Crippen molar-refractivity contribution >= 4 is 23.7 Å². The molecule has 12 nitrogen and oxygen atoms in total. The van der Waals surface area contributed by atoms with Crippen molar-refractivity contribution in [3.63, 3.8) is 0 Å². The zero-order valence-corrected chi connectivity index (χ0v) is 22.9. The SMILES string of the molecule is NCCCCC(NC(=O)C(N)Cc1ccc(O)cc1)C(=O)NC(Cc1ccc(O)cc1)C(=O)N1CCCC1C(=O)O. The van der Waals surface area contributed by atoms with Crippen molar-refractivity contribution in [2.45, 2.75) is 69.1 Å². The molecule has 2 aromatic carbocycles. The number of aromatic hydroxyl groups is 2. The maximum atomic E-state index is 13.6. The fourth-order valence-electron chi connectivity index (χ4n) is 4.85. The van der Waals surface area contributed by atoms with Crippen LogP contribution < -0.4 is 22.1 Å². The number of phenols is 2. The number of nitrogens with zero attached hydrogens (tertiary/aromatic N) is 1. The lowest BCUT2D eigenvalue weighted by molar-refractivity contribution is -0.149. The number of nitrogens with two attached hydrogens (primary N) is 2. The second kappa shape index (κ2) is 15.0. The topological polar surface area (TPSA) is 208 Å². The number of benzene rings is 2. The Hall–Kier alpha value is -4.16. The van der Waals surface area contributed by atoms with Gasteiger partial charge in [-0.1, -0.05) is 24.3 Å². The fourth-order valence-corrected chi connectivity index (χ4v) is 4.85. The Morgan fingerprint density at radius 1 is 0.854 bits per heavy atom. The Kier molecular flexibility index (Phi) is 11.5. The highest BCUT2D eigenvalue weighted by atomic mass is 16.4. The van der Waals surface area contributed by atoms with Crippen LogP contribution in [0.4, 0.5) is 0 Å². The summed E-state index contributed by atoms with van der Waals surface area (Å²) in [6, 6.07) is 8.35. The summed E-state index contributed by atoms with van der Waals surface area (Å²) in [4.78, 5) is 53.1. The monoisotopic (exact) mass is 569 g/mol. The summed E-state index contributed by atoms with van der Waals surface area (Å²) in [6.45, 7) is 0.649. The molecule has 1 saturated heterocycles. The van der Waals surface area contributed by atoms with Gasteiger partial charge in [0.1, 0.15) is 29.6 Å². The third-order valence-electron chi connectivity index (χ3n) is 7.12. The van der Waals surface area contributed by atoms with E-state index in [1.54, 1.807) is 24.3 Å². The standard InChI is InChI=1S/C29H39N5O7/c30-14-2-1-4-23(32-26(37)22(31)16-18-6-10-20(35)11-7-18)27(38)33-24(17-19-8-12-21(36)13-9-19)28(39)34-15-3-5-25(34)29(40)41/h6-13,22-25,35-36H,1-5,14-17,30-31H2,(H,32,37)(H,33,38)(H,40,41). The van der Waals surface area contributed by atoms with Gasteiger partial charge in [0.15, 0.2) is 0 Å². The molecule has 1 heterocycles. The van der Waals surface area contributed by atoms with E-state index in [-0.39, 0.29) is 37.3 Å². The molecule has 0 aliphatic carbocycles. The van der Waals surface area contributed by atoms with Gasteiger partial charge < -0.3 is 42.3 Å². The summed E-state index contributed by atoms with van der Waals surface area (Å²) in [5.41, 5.74) is 13.1. The number of rotatable bonds is 14. The van der Waals surface area contributed by atoms with Crippen LogP contribution in [-0.4, -0.2) is 81.2 Å². The van der Waals surface area contributed by atoms with Gasteiger partial charge in [0.2, 0.25) is 17.7 Å². The van der Waals surface area contributed by atoms with Gasteiger partial charge in [-0.05, 0) is 80.5 Å². The molecule has 0 radical (unpaired) electrons.